The number of aryl methyl sites for hydroxylation is 2. The maximum absolute atomic E-state index is 11.1. The monoisotopic (exact) mass is 251 g/mol. The van der Waals surface area contributed by atoms with Gasteiger partial charge in [0, 0.05) is 18.2 Å². The first kappa shape index (κ1) is 14.4. The second-order valence-corrected chi connectivity index (χ2v) is 4.34. The summed E-state index contributed by atoms with van der Waals surface area (Å²) in [5.41, 5.74) is 0.851. The zero-order chi connectivity index (χ0) is 13.5. The van der Waals surface area contributed by atoms with Crippen LogP contribution in [-0.2, 0) is 11.2 Å². The van der Waals surface area contributed by atoms with Gasteiger partial charge >= 0.3 is 5.97 Å². The fraction of sp³-hybridized carbons (Fsp3) is 0.615. The average Bonchev–Trinajstić information content (AvgIpc) is 2.33. The van der Waals surface area contributed by atoms with Crippen molar-refractivity contribution in [3.05, 3.63) is 17.6 Å². The van der Waals surface area contributed by atoms with Crippen LogP contribution >= 0.6 is 0 Å². The highest BCUT2D eigenvalue weighted by molar-refractivity contribution is 5.76. The summed E-state index contributed by atoms with van der Waals surface area (Å²) in [6, 6.07) is 1.20. The Bertz CT molecular complexity index is 407. The first-order chi connectivity index (χ1) is 8.56. The number of anilines is 1. The molecule has 0 saturated carbocycles. The molecule has 1 atom stereocenters. The lowest BCUT2D eigenvalue weighted by Gasteiger charge is -2.15. The molecule has 5 heteroatoms. The number of carbonyl (C=O) groups is 1. The van der Waals surface area contributed by atoms with E-state index in [1.165, 1.54) is 0 Å². The normalized spacial score (nSPS) is 12.2. The largest absolute Gasteiger partial charge is 0.480 e. The van der Waals surface area contributed by atoms with Crippen LogP contribution in [0.15, 0.2) is 6.07 Å². The fourth-order valence-electron chi connectivity index (χ4n) is 1.71. The molecule has 0 spiro atoms. The molecule has 0 radical (unpaired) electrons. The molecular formula is C13H21N3O2. The van der Waals surface area contributed by atoms with Gasteiger partial charge in [-0.25, -0.2) is 14.8 Å². The molecule has 5 nitrogen and oxygen atoms in total. The van der Waals surface area contributed by atoms with Crippen LogP contribution in [-0.4, -0.2) is 27.1 Å². The van der Waals surface area contributed by atoms with Gasteiger partial charge in [0.15, 0.2) is 0 Å². The van der Waals surface area contributed by atoms with Crippen LogP contribution in [0.1, 0.15) is 44.6 Å². The van der Waals surface area contributed by atoms with E-state index >= 15 is 0 Å². The van der Waals surface area contributed by atoms with Crippen molar-refractivity contribution in [2.45, 2.75) is 52.5 Å². The van der Waals surface area contributed by atoms with Crippen molar-refractivity contribution < 1.29 is 9.90 Å². The van der Waals surface area contributed by atoms with E-state index < -0.39 is 12.0 Å². The molecule has 1 heterocycles. The highest BCUT2D eigenvalue weighted by Crippen LogP contribution is 2.11. The van der Waals surface area contributed by atoms with Crippen molar-refractivity contribution in [2.75, 3.05) is 5.32 Å². The van der Waals surface area contributed by atoms with E-state index in [1.807, 2.05) is 20.8 Å². The average molecular weight is 251 g/mol. The Balaban J connectivity index is 2.79. The molecule has 1 unspecified atom stereocenters. The van der Waals surface area contributed by atoms with E-state index in [4.69, 9.17) is 5.11 Å². The Morgan fingerprint density at radius 1 is 1.44 bits per heavy atom. The number of unbranched alkanes of at least 4 members (excludes halogenated alkanes) is 1. The van der Waals surface area contributed by atoms with Gasteiger partial charge in [0.2, 0.25) is 0 Å². The SMILES string of the molecule is CCCCC(Nc1cc(C)nc(CC)n1)C(=O)O. The van der Waals surface area contributed by atoms with Crippen molar-refractivity contribution in [1.29, 1.82) is 0 Å². The number of carboxylic acids is 1. The third-order valence-corrected chi connectivity index (χ3v) is 2.68. The van der Waals surface area contributed by atoms with Gasteiger partial charge in [0.1, 0.15) is 17.7 Å². The van der Waals surface area contributed by atoms with Crippen molar-refractivity contribution in [2.24, 2.45) is 0 Å². The quantitative estimate of drug-likeness (QED) is 0.778. The maximum atomic E-state index is 11.1. The predicted molar refractivity (Wildman–Crippen MR) is 70.7 cm³/mol. The number of aromatic nitrogens is 2. The molecule has 100 valence electrons. The van der Waals surface area contributed by atoms with Crippen LogP contribution in [0.25, 0.3) is 0 Å². The highest BCUT2D eigenvalue weighted by atomic mass is 16.4. The van der Waals surface area contributed by atoms with E-state index in [9.17, 15) is 4.79 Å². The molecular weight excluding hydrogens is 230 g/mol. The minimum absolute atomic E-state index is 0.580. The molecule has 0 aliphatic carbocycles. The Morgan fingerprint density at radius 2 is 2.17 bits per heavy atom. The fourth-order valence-corrected chi connectivity index (χ4v) is 1.71. The number of hydrogen-bond acceptors (Lipinski definition) is 4. The number of aliphatic carboxylic acids is 1. The maximum Gasteiger partial charge on any atom is 0.326 e. The van der Waals surface area contributed by atoms with Gasteiger partial charge in [-0.15, -0.1) is 0 Å². The standard InChI is InChI=1S/C13H21N3O2/c1-4-6-7-10(13(17)18)15-12-8-9(3)14-11(5-2)16-12/h8,10H,4-7H2,1-3H3,(H,17,18)(H,14,15,16). The number of nitrogens with zero attached hydrogens (tertiary/aromatic N) is 2. The Morgan fingerprint density at radius 3 is 2.72 bits per heavy atom. The van der Waals surface area contributed by atoms with Gasteiger partial charge in [0.05, 0.1) is 0 Å². The summed E-state index contributed by atoms with van der Waals surface area (Å²) in [5.74, 6) is 0.498. The van der Waals surface area contributed by atoms with E-state index in [2.05, 4.69) is 15.3 Å². The number of hydrogen-bond donors (Lipinski definition) is 2. The summed E-state index contributed by atoms with van der Waals surface area (Å²) in [6.45, 7) is 5.90. The Kier molecular flexibility index (Phi) is 5.55. The summed E-state index contributed by atoms with van der Waals surface area (Å²) >= 11 is 0. The Hall–Kier alpha value is -1.65. The summed E-state index contributed by atoms with van der Waals surface area (Å²) in [4.78, 5) is 19.7. The molecule has 0 fully saturated rings. The van der Waals surface area contributed by atoms with Crippen LogP contribution in [0, 0.1) is 6.92 Å². The second kappa shape index (κ2) is 6.93. The molecule has 0 aliphatic heterocycles. The molecule has 1 aromatic rings. The molecule has 0 bridgehead atoms. The van der Waals surface area contributed by atoms with Crippen molar-refractivity contribution in [1.82, 2.24) is 9.97 Å². The predicted octanol–water partition coefficient (Wildman–Crippen LogP) is 2.40. The molecule has 1 rings (SSSR count). The van der Waals surface area contributed by atoms with Crippen molar-refractivity contribution >= 4 is 11.8 Å². The topological polar surface area (TPSA) is 75.1 Å². The van der Waals surface area contributed by atoms with E-state index in [1.54, 1.807) is 6.07 Å². The van der Waals surface area contributed by atoms with Crippen LogP contribution in [0.3, 0.4) is 0 Å². The van der Waals surface area contributed by atoms with Gasteiger partial charge in [-0.3, -0.25) is 0 Å². The molecule has 18 heavy (non-hydrogen) atoms. The van der Waals surface area contributed by atoms with Crippen LogP contribution in [0.4, 0.5) is 5.82 Å². The minimum atomic E-state index is -0.835. The van der Waals surface area contributed by atoms with Crippen molar-refractivity contribution in [3.8, 4) is 0 Å². The van der Waals surface area contributed by atoms with Crippen LogP contribution in [0.2, 0.25) is 0 Å². The lowest BCUT2D eigenvalue weighted by Crippen LogP contribution is -2.29. The second-order valence-electron chi connectivity index (χ2n) is 4.34. The first-order valence-corrected chi connectivity index (χ1v) is 6.40. The third kappa shape index (κ3) is 4.31. The van der Waals surface area contributed by atoms with Gasteiger partial charge in [-0.1, -0.05) is 26.7 Å². The van der Waals surface area contributed by atoms with E-state index in [0.717, 1.165) is 30.8 Å². The van der Waals surface area contributed by atoms with Gasteiger partial charge in [0.25, 0.3) is 0 Å². The molecule has 0 aromatic carbocycles. The van der Waals surface area contributed by atoms with Gasteiger partial charge in [-0.05, 0) is 13.3 Å². The molecule has 0 aliphatic rings. The van der Waals surface area contributed by atoms with E-state index in [-0.39, 0.29) is 0 Å². The van der Waals surface area contributed by atoms with Crippen LogP contribution < -0.4 is 5.32 Å². The van der Waals surface area contributed by atoms with Crippen LogP contribution in [0.5, 0.6) is 0 Å². The number of nitrogens with one attached hydrogen (secondary N) is 1. The lowest BCUT2D eigenvalue weighted by molar-refractivity contribution is -0.138. The van der Waals surface area contributed by atoms with E-state index in [0.29, 0.717) is 12.2 Å². The molecule has 0 amide bonds. The summed E-state index contributed by atoms with van der Waals surface area (Å²) in [7, 11) is 0. The molecule has 2 N–H and O–H groups in total. The Labute approximate surface area is 108 Å². The highest BCUT2D eigenvalue weighted by Gasteiger charge is 2.17. The lowest BCUT2D eigenvalue weighted by atomic mass is 10.1. The van der Waals surface area contributed by atoms with Gasteiger partial charge < -0.3 is 10.4 Å². The minimum Gasteiger partial charge on any atom is -0.480 e. The zero-order valence-corrected chi connectivity index (χ0v) is 11.2. The number of carboxylic acid groups (broad SMARTS) is 1. The van der Waals surface area contributed by atoms with Crippen molar-refractivity contribution in [3.63, 3.8) is 0 Å². The molecule has 0 saturated heterocycles. The summed E-state index contributed by atoms with van der Waals surface area (Å²) < 4.78 is 0. The number of rotatable bonds is 7. The van der Waals surface area contributed by atoms with Gasteiger partial charge in [-0.2, -0.15) is 0 Å². The molecule has 1 aromatic heterocycles. The third-order valence-electron chi connectivity index (χ3n) is 2.68. The zero-order valence-electron chi connectivity index (χ0n) is 11.2. The smallest absolute Gasteiger partial charge is 0.326 e. The first-order valence-electron chi connectivity index (χ1n) is 6.40. The summed E-state index contributed by atoms with van der Waals surface area (Å²) in [6.07, 6.45) is 3.21. The summed E-state index contributed by atoms with van der Waals surface area (Å²) in [5, 5.41) is 12.1.